The molecule has 9 heteroatoms. The lowest BCUT2D eigenvalue weighted by Crippen LogP contribution is -2.17. The zero-order valence-corrected chi connectivity index (χ0v) is 18.5. The number of thioether (sulfide) groups is 1. The lowest BCUT2D eigenvalue weighted by Gasteiger charge is -2.08. The van der Waals surface area contributed by atoms with Gasteiger partial charge in [0.2, 0.25) is 5.78 Å². The number of nitrogens with zero attached hydrogens (tertiary/aromatic N) is 2. The molecule has 1 N–H and O–H groups in total. The summed E-state index contributed by atoms with van der Waals surface area (Å²) in [7, 11) is 0. The van der Waals surface area contributed by atoms with Crippen molar-refractivity contribution < 1.29 is 18.4 Å². The molecule has 1 amide bonds. The summed E-state index contributed by atoms with van der Waals surface area (Å²) >= 11 is 7.59. The molecule has 0 aliphatic heterocycles. The Hall–Kier alpha value is -3.23. The molecule has 0 fully saturated rings. The fourth-order valence-electron chi connectivity index (χ4n) is 3.01. The number of para-hydroxylation sites is 1. The first-order valence-electron chi connectivity index (χ1n) is 9.76. The van der Waals surface area contributed by atoms with Gasteiger partial charge >= 0.3 is 0 Å². The van der Waals surface area contributed by atoms with Crippen molar-refractivity contribution in [2.24, 2.45) is 0 Å². The van der Waals surface area contributed by atoms with Crippen LogP contribution in [0.25, 0.3) is 11.0 Å². The first kappa shape index (κ1) is 22.0. The number of rotatable bonds is 7. The fraction of sp³-hybridized carbons (Fsp3) is 0.130. The van der Waals surface area contributed by atoms with Crippen molar-refractivity contribution in [3.63, 3.8) is 0 Å². The summed E-state index contributed by atoms with van der Waals surface area (Å²) in [5, 5.41) is 3.78. The molecular formula is C23H17ClFN3O3S. The van der Waals surface area contributed by atoms with E-state index in [0.717, 1.165) is 12.2 Å². The molecule has 162 valence electrons. The molecule has 0 bridgehead atoms. The number of amides is 1. The molecule has 0 radical (unpaired) electrons. The molecule has 6 nitrogen and oxygen atoms in total. The Kier molecular flexibility index (Phi) is 6.53. The van der Waals surface area contributed by atoms with Gasteiger partial charge in [-0.15, -0.1) is 0 Å². The summed E-state index contributed by atoms with van der Waals surface area (Å²) in [6.07, 6.45) is 2.30. The molecule has 2 heterocycles. The molecule has 32 heavy (non-hydrogen) atoms. The number of hydrogen-bond donors (Lipinski definition) is 1. The van der Waals surface area contributed by atoms with Gasteiger partial charge in [0.15, 0.2) is 16.6 Å². The number of fused-ring (bicyclic) bond motifs is 1. The van der Waals surface area contributed by atoms with Gasteiger partial charge in [0, 0.05) is 16.7 Å². The monoisotopic (exact) mass is 469 g/mol. The second kappa shape index (κ2) is 9.50. The number of furan rings is 1. The summed E-state index contributed by atoms with van der Waals surface area (Å²) in [4.78, 5) is 34.5. The third-order valence-electron chi connectivity index (χ3n) is 4.52. The van der Waals surface area contributed by atoms with E-state index in [1.807, 2.05) is 6.92 Å². The van der Waals surface area contributed by atoms with Gasteiger partial charge in [0.1, 0.15) is 11.4 Å². The second-order valence-corrected chi connectivity index (χ2v) is 8.26. The van der Waals surface area contributed by atoms with Crippen LogP contribution in [0.1, 0.15) is 40.0 Å². The van der Waals surface area contributed by atoms with Gasteiger partial charge in [-0.2, -0.15) is 0 Å². The molecule has 0 aliphatic carbocycles. The number of nitrogens with one attached hydrogen (secondary N) is 1. The van der Waals surface area contributed by atoms with Gasteiger partial charge < -0.3 is 9.73 Å². The second-order valence-electron chi connectivity index (χ2n) is 6.79. The lowest BCUT2D eigenvalue weighted by atomic mass is 10.1. The molecule has 0 spiro atoms. The number of carbonyl (C=O) groups is 2. The van der Waals surface area contributed by atoms with Gasteiger partial charge in [-0.1, -0.05) is 42.4 Å². The van der Waals surface area contributed by atoms with E-state index in [0.29, 0.717) is 16.1 Å². The number of carbonyl (C=O) groups excluding carboxylic acids is 2. The van der Waals surface area contributed by atoms with Gasteiger partial charge in [0.05, 0.1) is 16.9 Å². The summed E-state index contributed by atoms with van der Waals surface area (Å²) in [6.45, 7) is 2.03. The van der Waals surface area contributed by atoms with Crippen LogP contribution >= 0.6 is 23.4 Å². The van der Waals surface area contributed by atoms with E-state index in [9.17, 15) is 14.0 Å². The predicted molar refractivity (Wildman–Crippen MR) is 122 cm³/mol. The van der Waals surface area contributed by atoms with Gasteiger partial charge in [-0.25, -0.2) is 14.4 Å². The minimum absolute atomic E-state index is 0.00858. The smallest absolute Gasteiger partial charge is 0.276 e. The number of ketones is 1. The molecule has 2 aromatic heterocycles. The van der Waals surface area contributed by atoms with Crippen LogP contribution in [0, 0.1) is 5.82 Å². The molecule has 0 atom stereocenters. The van der Waals surface area contributed by atoms with Crippen LogP contribution in [-0.2, 0) is 0 Å². The van der Waals surface area contributed by atoms with Crippen molar-refractivity contribution in [2.45, 2.75) is 18.5 Å². The van der Waals surface area contributed by atoms with Crippen LogP contribution in [0.4, 0.5) is 10.1 Å². The quantitative estimate of drug-likeness (QED) is 0.203. The molecular weight excluding hydrogens is 453 g/mol. The predicted octanol–water partition coefficient (Wildman–Crippen LogP) is 6.00. The van der Waals surface area contributed by atoms with Crippen molar-refractivity contribution in [3.05, 3.63) is 82.6 Å². The summed E-state index contributed by atoms with van der Waals surface area (Å²) < 4.78 is 19.1. The van der Waals surface area contributed by atoms with E-state index in [4.69, 9.17) is 16.0 Å². The van der Waals surface area contributed by atoms with E-state index in [-0.39, 0.29) is 27.7 Å². The molecule has 0 unspecified atom stereocenters. The van der Waals surface area contributed by atoms with Gasteiger partial charge in [-0.3, -0.25) is 9.59 Å². The van der Waals surface area contributed by atoms with Gasteiger partial charge in [0.25, 0.3) is 5.91 Å². The molecule has 0 aliphatic rings. The number of anilines is 1. The summed E-state index contributed by atoms with van der Waals surface area (Å²) in [5.41, 5.74) is 0.823. The highest BCUT2D eigenvalue weighted by atomic mass is 35.5. The van der Waals surface area contributed by atoms with Crippen LogP contribution in [0.5, 0.6) is 0 Å². The zero-order valence-electron chi connectivity index (χ0n) is 16.9. The van der Waals surface area contributed by atoms with E-state index >= 15 is 0 Å². The fourth-order valence-corrected chi connectivity index (χ4v) is 3.85. The third-order valence-corrected chi connectivity index (χ3v) is 5.86. The van der Waals surface area contributed by atoms with E-state index < -0.39 is 17.5 Å². The van der Waals surface area contributed by atoms with Crippen molar-refractivity contribution >= 4 is 51.7 Å². The summed E-state index contributed by atoms with van der Waals surface area (Å²) in [5.74, 6) is -0.836. The normalized spacial score (nSPS) is 11.0. The molecule has 4 aromatic rings. The Bertz CT molecular complexity index is 1310. The zero-order chi connectivity index (χ0) is 22.7. The van der Waals surface area contributed by atoms with Crippen LogP contribution < -0.4 is 5.32 Å². The topological polar surface area (TPSA) is 85.1 Å². The Balaban J connectivity index is 1.73. The van der Waals surface area contributed by atoms with Crippen LogP contribution in [0.3, 0.4) is 0 Å². The van der Waals surface area contributed by atoms with E-state index in [2.05, 4.69) is 15.3 Å². The van der Waals surface area contributed by atoms with Crippen LogP contribution in [0.2, 0.25) is 5.02 Å². The Labute approximate surface area is 192 Å². The highest BCUT2D eigenvalue weighted by Gasteiger charge is 2.25. The molecule has 2 aromatic carbocycles. The Morgan fingerprint density at radius 2 is 1.91 bits per heavy atom. The van der Waals surface area contributed by atoms with Gasteiger partial charge in [-0.05, 0) is 42.8 Å². The van der Waals surface area contributed by atoms with E-state index in [1.54, 1.807) is 24.3 Å². The first-order chi connectivity index (χ1) is 15.5. The Morgan fingerprint density at radius 3 is 2.66 bits per heavy atom. The largest absolute Gasteiger partial charge is 0.450 e. The van der Waals surface area contributed by atoms with Crippen LogP contribution in [-0.4, -0.2) is 27.4 Å². The minimum atomic E-state index is -0.601. The standard InChI is InChI=1S/C23H17ClFN3O3S/c1-2-11-32-23-26-12-16(24)19(28-23)22(30)27-18-15-5-3-4-6-17(15)31-21(18)20(29)13-7-9-14(25)10-8-13/h3-10,12H,2,11H2,1H3,(H,27,30). The van der Waals surface area contributed by atoms with Crippen molar-refractivity contribution in [2.75, 3.05) is 11.1 Å². The van der Waals surface area contributed by atoms with Crippen molar-refractivity contribution in [3.8, 4) is 0 Å². The number of benzene rings is 2. The van der Waals surface area contributed by atoms with Crippen molar-refractivity contribution in [1.29, 1.82) is 0 Å². The molecule has 0 saturated heterocycles. The lowest BCUT2D eigenvalue weighted by molar-refractivity contribution is 0.101. The number of halogens is 2. The maximum absolute atomic E-state index is 13.3. The molecule has 0 saturated carbocycles. The molecule has 4 rings (SSSR count). The van der Waals surface area contributed by atoms with Crippen LogP contribution in [0.15, 0.2) is 64.3 Å². The van der Waals surface area contributed by atoms with E-state index in [1.165, 1.54) is 42.2 Å². The summed E-state index contributed by atoms with van der Waals surface area (Å²) in [6, 6.07) is 12.0. The highest BCUT2D eigenvalue weighted by Crippen LogP contribution is 2.33. The minimum Gasteiger partial charge on any atom is -0.450 e. The third kappa shape index (κ3) is 4.51. The maximum atomic E-state index is 13.3. The SMILES string of the molecule is CCCSc1ncc(Cl)c(C(=O)Nc2c(C(=O)c3ccc(F)cc3)oc3ccccc23)n1. The first-order valence-corrected chi connectivity index (χ1v) is 11.1. The highest BCUT2D eigenvalue weighted by molar-refractivity contribution is 7.99. The average molecular weight is 470 g/mol. The number of hydrogen-bond acceptors (Lipinski definition) is 6. The van der Waals surface area contributed by atoms with Crippen molar-refractivity contribution in [1.82, 2.24) is 9.97 Å². The average Bonchev–Trinajstić information content (AvgIpc) is 3.17. The Morgan fingerprint density at radius 1 is 1.16 bits per heavy atom. The number of aromatic nitrogens is 2. The maximum Gasteiger partial charge on any atom is 0.276 e.